The van der Waals surface area contributed by atoms with Crippen LogP contribution in [0.3, 0.4) is 0 Å². The van der Waals surface area contributed by atoms with Crippen molar-refractivity contribution in [2.75, 3.05) is 17.2 Å². The summed E-state index contributed by atoms with van der Waals surface area (Å²) in [6.07, 6.45) is 2.71. The maximum absolute atomic E-state index is 10.9. The van der Waals surface area contributed by atoms with Crippen molar-refractivity contribution >= 4 is 17.5 Å². The summed E-state index contributed by atoms with van der Waals surface area (Å²) in [5, 5.41) is 16.7. The summed E-state index contributed by atoms with van der Waals surface area (Å²) in [6, 6.07) is 3.51. The van der Waals surface area contributed by atoms with Crippen LogP contribution in [-0.4, -0.2) is 21.4 Å². The highest BCUT2D eigenvalue weighted by Crippen LogP contribution is 2.22. The molecule has 0 bridgehead atoms. The molecule has 0 fully saturated rings. The van der Waals surface area contributed by atoms with E-state index in [1.165, 1.54) is 12.5 Å². The van der Waals surface area contributed by atoms with E-state index < -0.39 is 4.92 Å². The van der Waals surface area contributed by atoms with Gasteiger partial charge in [0.25, 0.3) is 0 Å². The Labute approximate surface area is 109 Å². The van der Waals surface area contributed by atoms with Crippen LogP contribution in [0.2, 0.25) is 0 Å². The minimum Gasteiger partial charge on any atom is -0.467 e. The van der Waals surface area contributed by atoms with E-state index in [0.29, 0.717) is 24.8 Å². The Bertz CT molecular complexity index is 555. The van der Waals surface area contributed by atoms with E-state index in [4.69, 9.17) is 4.42 Å². The molecule has 8 nitrogen and oxygen atoms in total. The SMILES string of the molecule is CCNc1ncc([N+](=O)[O-])c(NCc2ccco2)n1. The predicted octanol–water partition coefficient (Wildman–Crippen LogP) is 2.02. The van der Waals surface area contributed by atoms with Gasteiger partial charge in [0.15, 0.2) is 0 Å². The summed E-state index contributed by atoms with van der Waals surface area (Å²) in [7, 11) is 0. The van der Waals surface area contributed by atoms with Crippen molar-refractivity contribution < 1.29 is 9.34 Å². The molecule has 0 saturated heterocycles. The lowest BCUT2D eigenvalue weighted by Gasteiger charge is -2.06. The zero-order chi connectivity index (χ0) is 13.7. The van der Waals surface area contributed by atoms with Crippen LogP contribution in [0.25, 0.3) is 0 Å². The molecule has 0 aliphatic rings. The second-order valence-electron chi connectivity index (χ2n) is 3.65. The Morgan fingerprint density at radius 2 is 2.32 bits per heavy atom. The summed E-state index contributed by atoms with van der Waals surface area (Å²) in [5.41, 5.74) is -0.173. The fourth-order valence-electron chi connectivity index (χ4n) is 1.47. The van der Waals surface area contributed by atoms with Crippen LogP contribution in [0.1, 0.15) is 12.7 Å². The quantitative estimate of drug-likeness (QED) is 0.606. The zero-order valence-corrected chi connectivity index (χ0v) is 10.3. The summed E-state index contributed by atoms with van der Waals surface area (Å²) in [5.74, 6) is 1.17. The molecule has 2 heterocycles. The number of nitrogens with one attached hydrogen (secondary N) is 2. The van der Waals surface area contributed by atoms with Crippen molar-refractivity contribution in [3.05, 3.63) is 40.5 Å². The Morgan fingerprint density at radius 1 is 1.47 bits per heavy atom. The van der Waals surface area contributed by atoms with Gasteiger partial charge in [-0.25, -0.2) is 4.98 Å². The molecule has 0 amide bonds. The lowest BCUT2D eigenvalue weighted by atomic mass is 10.4. The van der Waals surface area contributed by atoms with Crippen molar-refractivity contribution in [1.29, 1.82) is 0 Å². The standard InChI is InChI=1S/C11H13N5O3/c1-2-12-11-14-7-9(16(17)18)10(15-11)13-6-8-4-3-5-19-8/h3-5,7H,2,6H2,1H3,(H2,12,13,14,15). The van der Waals surface area contributed by atoms with E-state index in [2.05, 4.69) is 20.6 Å². The van der Waals surface area contributed by atoms with Crippen molar-refractivity contribution in [3.63, 3.8) is 0 Å². The van der Waals surface area contributed by atoms with Crippen molar-refractivity contribution in [3.8, 4) is 0 Å². The van der Waals surface area contributed by atoms with Gasteiger partial charge in [-0.05, 0) is 19.1 Å². The predicted molar refractivity (Wildman–Crippen MR) is 68.9 cm³/mol. The van der Waals surface area contributed by atoms with Crippen molar-refractivity contribution in [1.82, 2.24) is 9.97 Å². The first-order valence-corrected chi connectivity index (χ1v) is 5.72. The first-order chi connectivity index (χ1) is 9.20. The second kappa shape index (κ2) is 5.80. The molecule has 0 aliphatic heterocycles. The normalized spacial score (nSPS) is 10.2. The molecule has 2 rings (SSSR count). The van der Waals surface area contributed by atoms with Crippen LogP contribution >= 0.6 is 0 Å². The molecule has 0 aromatic carbocycles. The van der Waals surface area contributed by atoms with Crippen LogP contribution in [-0.2, 0) is 6.54 Å². The van der Waals surface area contributed by atoms with Crippen LogP contribution in [0.4, 0.5) is 17.5 Å². The first kappa shape index (κ1) is 12.8. The molecule has 2 N–H and O–H groups in total. The third-order valence-electron chi connectivity index (χ3n) is 2.31. The third-order valence-corrected chi connectivity index (χ3v) is 2.31. The molecule has 100 valence electrons. The van der Waals surface area contributed by atoms with Gasteiger partial charge < -0.3 is 15.1 Å². The third kappa shape index (κ3) is 3.18. The molecule has 2 aromatic heterocycles. The lowest BCUT2D eigenvalue weighted by molar-refractivity contribution is -0.384. The molecular weight excluding hydrogens is 250 g/mol. The van der Waals surface area contributed by atoms with Gasteiger partial charge >= 0.3 is 5.69 Å². The lowest BCUT2D eigenvalue weighted by Crippen LogP contribution is -2.08. The molecule has 0 atom stereocenters. The van der Waals surface area contributed by atoms with Crippen LogP contribution in [0.15, 0.2) is 29.0 Å². The molecular formula is C11H13N5O3. The Morgan fingerprint density at radius 3 is 2.95 bits per heavy atom. The molecule has 8 heteroatoms. The minimum absolute atomic E-state index is 0.160. The number of aromatic nitrogens is 2. The largest absolute Gasteiger partial charge is 0.467 e. The topological polar surface area (TPSA) is 106 Å². The van der Waals surface area contributed by atoms with Gasteiger partial charge in [-0.3, -0.25) is 10.1 Å². The maximum atomic E-state index is 10.9. The van der Waals surface area contributed by atoms with Crippen molar-refractivity contribution in [2.45, 2.75) is 13.5 Å². The first-order valence-electron chi connectivity index (χ1n) is 5.72. The van der Waals surface area contributed by atoms with Gasteiger partial charge in [0.1, 0.15) is 12.0 Å². The van der Waals surface area contributed by atoms with E-state index >= 15 is 0 Å². The average molecular weight is 263 g/mol. The van der Waals surface area contributed by atoms with Gasteiger partial charge in [0, 0.05) is 6.54 Å². The van der Waals surface area contributed by atoms with Gasteiger partial charge in [-0.1, -0.05) is 0 Å². The minimum atomic E-state index is -0.528. The summed E-state index contributed by atoms with van der Waals surface area (Å²) in [6.45, 7) is 2.84. The monoisotopic (exact) mass is 263 g/mol. The van der Waals surface area contributed by atoms with E-state index in [1.807, 2.05) is 6.92 Å². The molecule has 0 spiro atoms. The summed E-state index contributed by atoms with van der Waals surface area (Å²) < 4.78 is 5.14. The van der Waals surface area contributed by atoms with E-state index in [-0.39, 0.29) is 11.5 Å². The number of furan rings is 1. The number of nitrogens with zero attached hydrogens (tertiary/aromatic N) is 3. The average Bonchev–Trinajstić information content (AvgIpc) is 2.89. The molecule has 19 heavy (non-hydrogen) atoms. The van der Waals surface area contributed by atoms with Crippen LogP contribution in [0.5, 0.6) is 0 Å². The number of rotatable bonds is 6. The molecule has 0 unspecified atom stereocenters. The highest BCUT2D eigenvalue weighted by atomic mass is 16.6. The van der Waals surface area contributed by atoms with E-state index in [1.54, 1.807) is 12.1 Å². The number of hydrogen-bond acceptors (Lipinski definition) is 7. The van der Waals surface area contributed by atoms with Crippen molar-refractivity contribution in [2.24, 2.45) is 0 Å². The molecule has 0 radical (unpaired) electrons. The highest BCUT2D eigenvalue weighted by Gasteiger charge is 2.17. The fourth-order valence-corrected chi connectivity index (χ4v) is 1.47. The Hall–Kier alpha value is -2.64. The van der Waals surface area contributed by atoms with Gasteiger partial charge in [-0.2, -0.15) is 4.98 Å². The Balaban J connectivity index is 2.19. The zero-order valence-electron chi connectivity index (χ0n) is 10.3. The van der Waals surface area contributed by atoms with Gasteiger partial charge in [0.05, 0.1) is 17.7 Å². The molecule has 0 aliphatic carbocycles. The molecule has 0 saturated carbocycles. The fraction of sp³-hybridized carbons (Fsp3) is 0.273. The maximum Gasteiger partial charge on any atom is 0.329 e. The number of nitro groups is 1. The van der Waals surface area contributed by atoms with Gasteiger partial charge in [0.2, 0.25) is 11.8 Å². The van der Waals surface area contributed by atoms with E-state index in [0.717, 1.165) is 0 Å². The summed E-state index contributed by atoms with van der Waals surface area (Å²) >= 11 is 0. The summed E-state index contributed by atoms with van der Waals surface area (Å²) in [4.78, 5) is 18.3. The number of hydrogen-bond donors (Lipinski definition) is 2. The molecule has 2 aromatic rings. The van der Waals surface area contributed by atoms with Crippen LogP contribution < -0.4 is 10.6 Å². The van der Waals surface area contributed by atoms with Gasteiger partial charge in [-0.15, -0.1) is 0 Å². The highest BCUT2D eigenvalue weighted by molar-refractivity contribution is 5.56. The number of anilines is 2. The van der Waals surface area contributed by atoms with Crippen LogP contribution in [0, 0.1) is 10.1 Å². The Kier molecular flexibility index (Phi) is 3.91. The van der Waals surface area contributed by atoms with E-state index in [9.17, 15) is 10.1 Å². The smallest absolute Gasteiger partial charge is 0.329 e. The second-order valence-corrected chi connectivity index (χ2v) is 3.65.